The minimum atomic E-state index is -0.135. The Hall–Kier alpha value is -9.65. The van der Waals surface area contributed by atoms with Gasteiger partial charge in [0.2, 0.25) is 0 Å². The zero-order valence-corrected chi connectivity index (χ0v) is 39.9. The fourth-order valence-corrected chi connectivity index (χ4v) is 13.3. The van der Waals surface area contributed by atoms with Gasteiger partial charge in [0.05, 0.1) is 33.4 Å². The van der Waals surface area contributed by atoms with E-state index in [1.54, 1.807) is 0 Å². The first kappa shape index (κ1) is 40.0. The average Bonchev–Trinajstić information content (AvgIpc) is 4.17. The molecule has 6 nitrogen and oxygen atoms in total. The van der Waals surface area contributed by atoms with Crippen LogP contribution in [0.5, 0.6) is 23.0 Å². The lowest BCUT2D eigenvalue weighted by Crippen LogP contribution is -2.58. The molecule has 17 rings (SSSR count). The minimum Gasteiger partial charge on any atom is -0.458 e. The number of fused-ring (bicyclic) bond motifs is 16. The number of para-hydroxylation sites is 8. The van der Waals surface area contributed by atoms with Crippen molar-refractivity contribution in [3.8, 4) is 34.4 Å². The molecular formula is C66H40B2N4O2. The molecule has 0 aliphatic carbocycles. The Bertz CT molecular complexity index is 4440. The highest BCUT2D eigenvalue weighted by atomic mass is 16.5. The molecule has 342 valence electrons. The van der Waals surface area contributed by atoms with Crippen molar-refractivity contribution in [2.45, 2.75) is 0 Å². The van der Waals surface area contributed by atoms with Gasteiger partial charge in [0, 0.05) is 67.8 Å². The summed E-state index contributed by atoms with van der Waals surface area (Å²) in [7, 11) is 0. The molecule has 0 spiro atoms. The first-order valence-corrected chi connectivity index (χ1v) is 25.5. The number of hydrogen-bond acceptors (Lipinski definition) is 4. The molecule has 0 N–H and O–H groups in total. The van der Waals surface area contributed by atoms with E-state index in [0.717, 1.165) is 73.8 Å². The first-order chi connectivity index (χ1) is 36.8. The molecule has 0 bridgehead atoms. The van der Waals surface area contributed by atoms with Gasteiger partial charge < -0.3 is 28.4 Å². The summed E-state index contributed by atoms with van der Waals surface area (Å²) < 4.78 is 19.6. The second-order valence-electron chi connectivity index (χ2n) is 19.9. The predicted molar refractivity (Wildman–Crippen MR) is 307 cm³/mol. The molecule has 13 aromatic rings. The van der Waals surface area contributed by atoms with Gasteiger partial charge in [0.1, 0.15) is 23.0 Å². The normalized spacial score (nSPS) is 13.0. The number of benzene rings is 11. The van der Waals surface area contributed by atoms with Crippen LogP contribution in [-0.4, -0.2) is 22.6 Å². The molecule has 0 radical (unpaired) electrons. The van der Waals surface area contributed by atoms with Crippen molar-refractivity contribution in [2.24, 2.45) is 0 Å². The Morgan fingerprint density at radius 1 is 0.311 bits per heavy atom. The van der Waals surface area contributed by atoms with E-state index in [-0.39, 0.29) is 13.4 Å². The van der Waals surface area contributed by atoms with E-state index >= 15 is 0 Å². The fourth-order valence-electron chi connectivity index (χ4n) is 13.3. The summed E-state index contributed by atoms with van der Waals surface area (Å²) in [6.07, 6.45) is 0. The van der Waals surface area contributed by atoms with Crippen molar-refractivity contribution in [1.29, 1.82) is 0 Å². The van der Waals surface area contributed by atoms with Crippen molar-refractivity contribution >= 4 is 124 Å². The second-order valence-corrected chi connectivity index (χ2v) is 19.9. The molecule has 2 aromatic heterocycles. The Labute approximate surface area is 427 Å². The SMILES string of the molecule is c1ccc(N(c2ccccc2)c2cc3c4c(c2)-n2c5ccccc5c5c2c(cc2c6c(N(c7ccccc7)c7ccccc7)cc7c8c6n(c25)-c2ccccc2B8c2ccccc2O7)B4c2ccccc2O3)cc1. The van der Waals surface area contributed by atoms with Crippen molar-refractivity contribution < 1.29 is 9.47 Å². The molecule has 0 atom stereocenters. The Kier molecular flexibility index (Phi) is 8.08. The zero-order chi connectivity index (χ0) is 48.2. The quantitative estimate of drug-likeness (QED) is 0.156. The number of ether oxygens (including phenoxy) is 2. The predicted octanol–water partition coefficient (Wildman–Crippen LogP) is 12.7. The van der Waals surface area contributed by atoms with Crippen LogP contribution >= 0.6 is 0 Å². The highest BCUT2D eigenvalue weighted by Crippen LogP contribution is 2.51. The third kappa shape index (κ3) is 5.30. The molecular weight excluding hydrogens is 902 g/mol. The van der Waals surface area contributed by atoms with Crippen LogP contribution < -0.4 is 52.1 Å². The van der Waals surface area contributed by atoms with Crippen LogP contribution in [-0.2, 0) is 0 Å². The summed E-state index contributed by atoms with van der Waals surface area (Å²) >= 11 is 0. The number of anilines is 6. The monoisotopic (exact) mass is 942 g/mol. The van der Waals surface area contributed by atoms with Crippen LogP contribution in [0.2, 0.25) is 0 Å². The van der Waals surface area contributed by atoms with Gasteiger partial charge in [-0.05, 0) is 112 Å². The lowest BCUT2D eigenvalue weighted by molar-refractivity contribution is 0.487. The number of rotatable bonds is 6. The average molecular weight is 943 g/mol. The molecule has 0 fully saturated rings. The second kappa shape index (κ2) is 14.9. The van der Waals surface area contributed by atoms with E-state index in [9.17, 15) is 0 Å². The maximum absolute atomic E-state index is 7.20. The summed E-state index contributed by atoms with van der Waals surface area (Å²) in [5.41, 5.74) is 20.6. The van der Waals surface area contributed by atoms with Gasteiger partial charge in [0.15, 0.2) is 0 Å². The van der Waals surface area contributed by atoms with Crippen LogP contribution in [0.25, 0.3) is 55.0 Å². The molecule has 74 heavy (non-hydrogen) atoms. The first-order valence-electron chi connectivity index (χ1n) is 25.5. The van der Waals surface area contributed by atoms with E-state index < -0.39 is 0 Å². The van der Waals surface area contributed by atoms with Crippen LogP contribution in [0, 0.1) is 0 Å². The molecule has 6 heterocycles. The molecule has 0 unspecified atom stereocenters. The fraction of sp³-hybridized carbons (Fsp3) is 0. The number of nitrogens with zero attached hydrogens (tertiary/aromatic N) is 4. The molecule has 0 amide bonds. The summed E-state index contributed by atoms with van der Waals surface area (Å²) in [6, 6.07) is 88.0. The third-order valence-electron chi connectivity index (χ3n) is 16.1. The van der Waals surface area contributed by atoms with Gasteiger partial charge in [-0.2, -0.15) is 0 Å². The molecule has 0 saturated carbocycles. The topological polar surface area (TPSA) is 34.8 Å². The number of aromatic nitrogens is 2. The highest BCUT2D eigenvalue weighted by molar-refractivity contribution is 7.00. The van der Waals surface area contributed by atoms with Crippen LogP contribution in [0.1, 0.15) is 0 Å². The molecule has 8 heteroatoms. The lowest BCUT2D eigenvalue weighted by atomic mass is 9.34. The highest BCUT2D eigenvalue weighted by Gasteiger charge is 2.45. The van der Waals surface area contributed by atoms with Crippen LogP contribution in [0.4, 0.5) is 34.1 Å². The van der Waals surface area contributed by atoms with Gasteiger partial charge in [-0.3, -0.25) is 0 Å². The Morgan fingerprint density at radius 3 is 1.46 bits per heavy atom. The standard InChI is InChI=1S/C66H40B2N4O2/c1-5-21-41(22-6-1)69(42-23-7-2-8-24-42)45-37-55-62-58(38-45)73-57-36-20-16-32-50(57)68(62)51-39-47-60-54(70(43-25-9-3-10-26-43)44-27-11-4-12-28-44)40-59-63-66(60)72(64(47)61-46-29-13-17-33-52(46)71(55)65(51)61)53-34-18-14-30-48(53)67(63)49-31-15-19-35-56(49)74-59/h1-40H. The van der Waals surface area contributed by atoms with E-state index in [1.807, 2.05) is 0 Å². The van der Waals surface area contributed by atoms with Crippen molar-refractivity contribution in [3.05, 3.63) is 243 Å². The van der Waals surface area contributed by atoms with Crippen molar-refractivity contribution in [1.82, 2.24) is 9.13 Å². The molecule has 0 saturated heterocycles. The van der Waals surface area contributed by atoms with Crippen LogP contribution in [0.3, 0.4) is 0 Å². The van der Waals surface area contributed by atoms with Crippen molar-refractivity contribution in [3.63, 3.8) is 0 Å². The smallest absolute Gasteiger partial charge is 0.256 e. The number of hydrogen-bond donors (Lipinski definition) is 0. The summed E-state index contributed by atoms with van der Waals surface area (Å²) in [5.74, 6) is 3.50. The minimum absolute atomic E-state index is 0.0434. The van der Waals surface area contributed by atoms with Gasteiger partial charge in [-0.15, -0.1) is 0 Å². The lowest BCUT2D eigenvalue weighted by Gasteiger charge is -2.35. The Morgan fingerprint density at radius 2 is 0.824 bits per heavy atom. The summed E-state index contributed by atoms with van der Waals surface area (Å²) in [6.45, 7) is -0.179. The summed E-state index contributed by atoms with van der Waals surface area (Å²) in [5, 5.41) is 4.80. The molecule has 11 aromatic carbocycles. The van der Waals surface area contributed by atoms with Crippen molar-refractivity contribution in [2.75, 3.05) is 9.80 Å². The molecule has 4 aliphatic rings. The largest absolute Gasteiger partial charge is 0.458 e. The van der Waals surface area contributed by atoms with Gasteiger partial charge >= 0.3 is 0 Å². The van der Waals surface area contributed by atoms with E-state index in [4.69, 9.17) is 9.47 Å². The zero-order valence-electron chi connectivity index (χ0n) is 39.9. The maximum atomic E-state index is 7.20. The van der Waals surface area contributed by atoms with Gasteiger partial charge in [0.25, 0.3) is 13.4 Å². The Balaban J connectivity index is 1.07. The van der Waals surface area contributed by atoms with Gasteiger partial charge in [-0.1, -0.05) is 152 Å². The summed E-state index contributed by atoms with van der Waals surface area (Å²) in [4.78, 5) is 4.78. The van der Waals surface area contributed by atoms with E-state index in [2.05, 4.69) is 262 Å². The van der Waals surface area contributed by atoms with E-state index in [0.29, 0.717) is 0 Å². The van der Waals surface area contributed by atoms with Gasteiger partial charge in [-0.25, -0.2) is 0 Å². The van der Waals surface area contributed by atoms with Crippen LogP contribution in [0.15, 0.2) is 243 Å². The maximum Gasteiger partial charge on any atom is 0.256 e. The third-order valence-corrected chi connectivity index (χ3v) is 16.1. The molecule has 4 aliphatic heterocycles. The van der Waals surface area contributed by atoms with E-state index in [1.165, 1.54) is 71.1 Å².